The minimum atomic E-state index is -1.07. The second-order valence-corrected chi connectivity index (χ2v) is 2.33. The number of alkyl halides is 1. The van der Waals surface area contributed by atoms with E-state index in [4.69, 9.17) is 26.8 Å². The fourth-order valence-electron chi connectivity index (χ4n) is 0.523. The van der Waals surface area contributed by atoms with E-state index in [9.17, 15) is 0 Å². The molecule has 1 fully saturated rings. The van der Waals surface area contributed by atoms with E-state index in [1.807, 2.05) is 0 Å². The fraction of sp³-hybridized carbons (Fsp3) is 1.00. The highest BCUT2D eigenvalue weighted by molar-refractivity contribution is 6.22. The fourth-order valence-corrected chi connectivity index (χ4v) is 0.678. The summed E-state index contributed by atoms with van der Waals surface area (Å²) in [6.45, 7) is 1.35. The summed E-state index contributed by atoms with van der Waals surface area (Å²) in [5.41, 5.74) is 5.30. The highest BCUT2D eigenvalue weighted by Gasteiger charge is 2.25. The number of halogens is 1. The Labute approximate surface area is 52.7 Å². The number of rotatable bonds is 0. The summed E-state index contributed by atoms with van der Waals surface area (Å²) in [4.78, 5) is 0. The lowest BCUT2D eigenvalue weighted by Gasteiger charge is -2.26. The van der Waals surface area contributed by atoms with Gasteiger partial charge in [0.05, 0.1) is 13.2 Å². The van der Waals surface area contributed by atoms with Gasteiger partial charge in [-0.15, -0.1) is 0 Å². The number of ether oxygens (including phenoxy) is 2. The van der Waals surface area contributed by atoms with E-state index in [0.717, 1.165) is 0 Å². The third-order valence-corrected chi connectivity index (χ3v) is 1.09. The SMILES string of the molecule is NC1(Cl)COCCO1. The van der Waals surface area contributed by atoms with Gasteiger partial charge in [-0.25, -0.2) is 0 Å². The minimum absolute atomic E-state index is 0.272. The zero-order valence-corrected chi connectivity index (χ0v) is 5.15. The summed E-state index contributed by atoms with van der Waals surface area (Å²) in [5.74, 6) is 0. The normalized spacial score (nSPS) is 39.8. The number of hydrogen-bond donors (Lipinski definition) is 1. The van der Waals surface area contributed by atoms with Crippen molar-refractivity contribution >= 4 is 11.6 Å². The summed E-state index contributed by atoms with van der Waals surface area (Å²) < 4.78 is 9.79. The van der Waals surface area contributed by atoms with Crippen molar-refractivity contribution in [2.45, 2.75) is 5.18 Å². The largest absolute Gasteiger partial charge is 0.373 e. The highest BCUT2D eigenvalue weighted by Crippen LogP contribution is 2.12. The van der Waals surface area contributed by atoms with Gasteiger partial charge in [0, 0.05) is 0 Å². The molecule has 4 heteroatoms. The van der Waals surface area contributed by atoms with Crippen LogP contribution in [0.2, 0.25) is 0 Å². The maximum absolute atomic E-state index is 5.50. The van der Waals surface area contributed by atoms with Crippen LogP contribution in [0.3, 0.4) is 0 Å². The third-order valence-electron chi connectivity index (χ3n) is 0.869. The molecule has 1 rings (SSSR count). The Hall–Kier alpha value is 0.170. The van der Waals surface area contributed by atoms with E-state index in [1.54, 1.807) is 0 Å². The van der Waals surface area contributed by atoms with Crippen LogP contribution in [0.15, 0.2) is 0 Å². The van der Waals surface area contributed by atoms with Crippen LogP contribution in [0.25, 0.3) is 0 Å². The van der Waals surface area contributed by atoms with Gasteiger partial charge in [-0.3, -0.25) is 5.73 Å². The Bertz CT molecular complexity index is 78.1. The zero-order valence-electron chi connectivity index (χ0n) is 4.39. The van der Waals surface area contributed by atoms with Crippen LogP contribution >= 0.6 is 11.6 Å². The molecule has 1 atom stereocenters. The molecule has 2 N–H and O–H groups in total. The molecule has 0 aliphatic carbocycles. The molecule has 0 spiro atoms. The smallest absolute Gasteiger partial charge is 0.217 e. The lowest BCUT2D eigenvalue weighted by atomic mass is 10.5. The molecule has 0 aromatic rings. The van der Waals surface area contributed by atoms with Gasteiger partial charge < -0.3 is 9.47 Å². The Kier molecular flexibility index (Phi) is 1.72. The molecule has 1 unspecified atom stereocenters. The second-order valence-electron chi connectivity index (χ2n) is 1.69. The third kappa shape index (κ3) is 1.59. The van der Waals surface area contributed by atoms with Crippen molar-refractivity contribution in [2.24, 2.45) is 5.73 Å². The zero-order chi connectivity index (χ0) is 6.04. The number of nitrogens with two attached hydrogens (primary N) is 1. The Morgan fingerprint density at radius 3 is 2.50 bits per heavy atom. The molecule has 8 heavy (non-hydrogen) atoms. The van der Waals surface area contributed by atoms with Crippen LogP contribution in [0.5, 0.6) is 0 Å². The standard InChI is InChI=1S/C4H8ClNO2/c5-4(6)3-7-1-2-8-4/h1-3,6H2. The maximum Gasteiger partial charge on any atom is 0.217 e. The van der Waals surface area contributed by atoms with E-state index in [0.29, 0.717) is 13.2 Å². The van der Waals surface area contributed by atoms with Crippen LogP contribution in [-0.4, -0.2) is 25.0 Å². The predicted molar refractivity (Wildman–Crippen MR) is 29.5 cm³/mol. The molecule has 0 radical (unpaired) electrons. The average molecular weight is 138 g/mol. The molecular weight excluding hydrogens is 130 g/mol. The van der Waals surface area contributed by atoms with Crippen LogP contribution in [-0.2, 0) is 9.47 Å². The van der Waals surface area contributed by atoms with Gasteiger partial charge in [-0.2, -0.15) is 0 Å². The molecule has 0 aromatic heterocycles. The monoisotopic (exact) mass is 137 g/mol. The molecule has 48 valence electrons. The Balaban J connectivity index is 2.33. The predicted octanol–water partition coefficient (Wildman–Crippen LogP) is -0.116. The first-order valence-corrected chi connectivity index (χ1v) is 2.78. The van der Waals surface area contributed by atoms with Crippen molar-refractivity contribution < 1.29 is 9.47 Å². The minimum Gasteiger partial charge on any atom is -0.373 e. The topological polar surface area (TPSA) is 44.5 Å². The summed E-state index contributed by atoms with van der Waals surface area (Å²) in [5, 5.41) is -1.07. The molecule has 0 bridgehead atoms. The number of hydrogen-bond acceptors (Lipinski definition) is 3. The van der Waals surface area contributed by atoms with Crippen molar-refractivity contribution in [3.63, 3.8) is 0 Å². The molecule has 1 aliphatic rings. The summed E-state index contributed by atoms with van der Waals surface area (Å²) in [7, 11) is 0. The van der Waals surface area contributed by atoms with E-state index >= 15 is 0 Å². The van der Waals surface area contributed by atoms with Gasteiger partial charge in [0.25, 0.3) is 0 Å². The Morgan fingerprint density at radius 1 is 1.50 bits per heavy atom. The molecule has 3 nitrogen and oxygen atoms in total. The first-order valence-electron chi connectivity index (χ1n) is 2.40. The van der Waals surface area contributed by atoms with Crippen molar-refractivity contribution in [2.75, 3.05) is 19.8 Å². The maximum atomic E-state index is 5.50. The highest BCUT2D eigenvalue weighted by atomic mass is 35.5. The molecule has 1 saturated heterocycles. The Morgan fingerprint density at radius 2 is 2.25 bits per heavy atom. The van der Waals surface area contributed by atoms with E-state index < -0.39 is 5.18 Å². The van der Waals surface area contributed by atoms with Crippen molar-refractivity contribution in [3.8, 4) is 0 Å². The van der Waals surface area contributed by atoms with Crippen molar-refractivity contribution in [1.29, 1.82) is 0 Å². The summed E-state index contributed by atoms with van der Waals surface area (Å²) in [6, 6.07) is 0. The van der Waals surface area contributed by atoms with Gasteiger partial charge in [-0.05, 0) is 0 Å². The molecule has 0 amide bonds. The van der Waals surface area contributed by atoms with Gasteiger partial charge in [-0.1, -0.05) is 11.6 Å². The van der Waals surface area contributed by atoms with Gasteiger partial charge in [0.15, 0.2) is 0 Å². The van der Waals surface area contributed by atoms with Gasteiger partial charge >= 0.3 is 0 Å². The van der Waals surface area contributed by atoms with Crippen LogP contribution in [0.4, 0.5) is 0 Å². The lowest BCUT2D eigenvalue weighted by molar-refractivity contribution is -0.109. The van der Waals surface area contributed by atoms with Crippen LogP contribution < -0.4 is 5.73 Å². The van der Waals surface area contributed by atoms with Gasteiger partial charge in [0.1, 0.15) is 6.61 Å². The molecule has 1 heterocycles. The van der Waals surface area contributed by atoms with Crippen molar-refractivity contribution in [1.82, 2.24) is 0 Å². The summed E-state index contributed by atoms with van der Waals surface area (Å²) >= 11 is 5.50. The lowest BCUT2D eigenvalue weighted by Crippen LogP contribution is -2.45. The van der Waals surface area contributed by atoms with Crippen LogP contribution in [0, 0.1) is 0 Å². The molecular formula is C4H8ClNO2. The van der Waals surface area contributed by atoms with E-state index in [2.05, 4.69) is 0 Å². The molecule has 0 aromatic carbocycles. The first kappa shape index (κ1) is 6.29. The second kappa shape index (κ2) is 2.19. The quantitative estimate of drug-likeness (QED) is 0.374. The first-order chi connectivity index (χ1) is 3.71. The van der Waals surface area contributed by atoms with E-state index in [1.165, 1.54) is 0 Å². The van der Waals surface area contributed by atoms with Gasteiger partial charge in [0.2, 0.25) is 5.18 Å². The summed E-state index contributed by atoms with van der Waals surface area (Å²) in [6.07, 6.45) is 0. The van der Waals surface area contributed by atoms with Crippen molar-refractivity contribution in [3.05, 3.63) is 0 Å². The molecule has 1 aliphatic heterocycles. The molecule has 0 saturated carbocycles. The van der Waals surface area contributed by atoms with Crippen LogP contribution in [0.1, 0.15) is 0 Å². The average Bonchev–Trinajstić information content (AvgIpc) is 1.65. The van der Waals surface area contributed by atoms with E-state index in [-0.39, 0.29) is 6.61 Å².